The number of aryl methyl sites for hydroxylation is 1. The van der Waals surface area contributed by atoms with Gasteiger partial charge in [0.15, 0.2) is 9.84 Å². The average molecular weight is 567 g/mol. The summed E-state index contributed by atoms with van der Waals surface area (Å²) in [5.41, 5.74) is 2.86. The molecule has 0 spiro atoms. The van der Waals surface area contributed by atoms with Gasteiger partial charge in [0, 0.05) is 46.8 Å². The average Bonchev–Trinajstić information content (AvgIpc) is 2.88. The van der Waals surface area contributed by atoms with Gasteiger partial charge >= 0.3 is 0 Å². The molecule has 0 radical (unpaired) electrons. The third kappa shape index (κ3) is 5.41. The number of halogens is 2. The van der Waals surface area contributed by atoms with Gasteiger partial charge in [-0.15, -0.1) is 0 Å². The molecule has 0 saturated carbocycles. The van der Waals surface area contributed by atoms with Crippen molar-refractivity contribution in [1.29, 1.82) is 0 Å². The summed E-state index contributed by atoms with van der Waals surface area (Å²) in [5, 5.41) is 13.7. The first-order chi connectivity index (χ1) is 18.5. The summed E-state index contributed by atoms with van der Waals surface area (Å²) in [4.78, 5) is 9.58. The lowest BCUT2D eigenvalue weighted by molar-refractivity contribution is 0.0202. The Morgan fingerprint density at radius 1 is 1.08 bits per heavy atom. The van der Waals surface area contributed by atoms with Crippen molar-refractivity contribution < 1.29 is 22.7 Å². The lowest BCUT2D eigenvalue weighted by Gasteiger charge is -2.40. The summed E-state index contributed by atoms with van der Waals surface area (Å²) < 4.78 is 43.8. The van der Waals surface area contributed by atoms with E-state index in [1.807, 2.05) is 13.0 Å². The zero-order valence-corrected chi connectivity index (χ0v) is 23.4. The number of nitrogens with zero attached hydrogens (tertiary/aromatic N) is 2. The largest absolute Gasteiger partial charge is 0.481 e. The zero-order valence-electron chi connectivity index (χ0n) is 21.8. The van der Waals surface area contributed by atoms with Gasteiger partial charge in [0.25, 0.3) is 0 Å². The minimum absolute atomic E-state index is 0.181. The molecule has 202 valence electrons. The molecule has 1 aliphatic heterocycles. The van der Waals surface area contributed by atoms with Crippen molar-refractivity contribution in [3.8, 4) is 5.88 Å². The van der Waals surface area contributed by atoms with Crippen LogP contribution < -0.4 is 4.74 Å². The molecule has 0 saturated heterocycles. The number of aromatic nitrogens is 1. The zero-order chi connectivity index (χ0) is 27.9. The number of rotatable bonds is 6. The van der Waals surface area contributed by atoms with E-state index < -0.39 is 21.4 Å². The first-order valence-electron chi connectivity index (χ1n) is 12.4. The Hall–Kier alpha value is -3.33. The van der Waals surface area contributed by atoms with Crippen LogP contribution >= 0.6 is 11.6 Å². The fourth-order valence-electron chi connectivity index (χ4n) is 5.40. The maximum Gasteiger partial charge on any atom is 0.217 e. The third-order valence-corrected chi connectivity index (χ3v) is 8.64. The van der Waals surface area contributed by atoms with Gasteiger partial charge in [0.1, 0.15) is 5.82 Å². The van der Waals surface area contributed by atoms with Gasteiger partial charge in [-0.3, -0.25) is 4.99 Å². The summed E-state index contributed by atoms with van der Waals surface area (Å²) in [6, 6.07) is 18.3. The van der Waals surface area contributed by atoms with Gasteiger partial charge < -0.3 is 9.84 Å². The lowest BCUT2D eigenvalue weighted by Crippen LogP contribution is -2.43. The number of aliphatic hydroxyl groups is 1. The SMILES string of the molecule is COc1nc2ccc(Cl)cc2cc1C(c1ccc(S(C)(=O)=O)cc1)C1(O)CCN=C(c2ccc(F)cc2C)C1. The van der Waals surface area contributed by atoms with Crippen molar-refractivity contribution in [1.82, 2.24) is 4.98 Å². The minimum Gasteiger partial charge on any atom is -0.481 e. The van der Waals surface area contributed by atoms with Gasteiger partial charge in [-0.2, -0.15) is 0 Å². The maximum atomic E-state index is 13.8. The molecule has 9 heteroatoms. The number of methoxy groups -OCH3 is 1. The van der Waals surface area contributed by atoms with Crippen LogP contribution in [-0.2, 0) is 9.84 Å². The number of fused-ring (bicyclic) bond motifs is 1. The van der Waals surface area contributed by atoms with Gasteiger partial charge in [-0.1, -0.05) is 23.7 Å². The van der Waals surface area contributed by atoms with Crippen molar-refractivity contribution in [2.45, 2.75) is 36.2 Å². The van der Waals surface area contributed by atoms with Crippen molar-refractivity contribution in [3.63, 3.8) is 0 Å². The van der Waals surface area contributed by atoms with Crippen LogP contribution in [0.3, 0.4) is 0 Å². The molecule has 39 heavy (non-hydrogen) atoms. The van der Waals surface area contributed by atoms with E-state index in [1.54, 1.807) is 48.5 Å². The number of aliphatic imine (C=N–C) groups is 1. The monoisotopic (exact) mass is 566 g/mol. The summed E-state index contributed by atoms with van der Waals surface area (Å²) in [6.07, 6.45) is 1.68. The smallest absolute Gasteiger partial charge is 0.217 e. The summed E-state index contributed by atoms with van der Waals surface area (Å²) in [6.45, 7) is 2.17. The summed E-state index contributed by atoms with van der Waals surface area (Å²) >= 11 is 6.28. The van der Waals surface area contributed by atoms with Crippen LogP contribution in [0, 0.1) is 12.7 Å². The van der Waals surface area contributed by atoms with E-state index in [1.165, 1.54) is 19.2 Å². The Morgan fingerprint density at radius 2 is 1.82 bits per heavy atom. The van der Waals surface area contributed by atoms with Crippen LogP contribution in [0.15, 0.2) is 76.6 Å². The second-order valence-electron chi connectivity index (χ2n) is 10.0. The van der Waals surface area contributed by atoms with Gasteiger partial charge in [-0.25, -0.2) is 17.8 Å². The molecule has 2 heterocycles. The van der Waals surface area contributed by atoms with Crippen LogP contribution in [0.25, 0.3) is 10.9 Å². The van der Waals surface area contributed by atoms with Crippen LogP contribution in [0.2, 0.25) is 5.02 Å². The maximum absolute atomic E-state index is 13.8. The molecular weight excluding hydrogens is 539 g/mol. The highest BCUT2D eigenvalue weighted by Crippen LogP contribution is 2.45. The van der Waals surface area contributed by atoms with Gasteiger partial charge in [0.05, 0.1) is 23.1 Å². The highest BCUT2D eigenvalue weighted by atomic mass is 35.5. The second-order valence-corrected chi connectivity index (χ2v) is 12.5. The number of benzene rings is 3. The van der Waals surface area contributed by atoms with Crippen molar-refractivity contribution in [3.05, 3.63) is 99.8 Å². The molecule has 3 aromatic carbocycles. The molecule has 1 aliphatic rings. The quantitative estimate of drug-likeness (QED) is 0.314. The first-order valence-corrected chi connectivity index (χ1v) is 14.7. The molecule has 0 aliphatic carbocycles. The molecule has 1 N–H and O–H groups in total. The van der Waals surface area contributed by atoms with Crippen molar-refractivity contribution >= 4 is 38.1 Å². The second kappa shape index (κ2) is 10.3. The molecule has 4 aromatic rings. The van der Waals surface area contributed by atoms with Crippen molar-refractivity contribution in [2.24, 2.45) is 4.99 Å². The molecule has 5 rings (SSSR count). The predicted molar refractivity (Wildman–Crippen MR) is 151 cm³/mol. The number of pyridine rings is 1. The Morgan fingerprint density at radius 3 is 2.49 bits per heavy atom. The molecular formula is C30H28ClFN2O4S. The van der Waals surface area contributed by atoms with E-state index in [-0.39, 0.29) is 17.1 Å². The molecule has 0 amide bonds. The van der Waals surface area contributed by atoms with Crippen LogP contribution in [0.5, 0.6) is 5.88 Å². The normalized spacial score (nSPS) is 18.6. The summed E-state index contributed by atoms with van der Waals surface area (Å²) in [5.74, 6) is -0.641. The van der Waals surface area contributed by atoms with Gasteiger partial charge in [0.2, 0.25) is 5.88 Å². The van der Waals surface area contributed by atoms with Gasteiger partial charge in [-0.05, 0) is 84.6 Å². The molecule has 0 bridgehead atoms. The predicted octanol–water partition coefficient (Wildman–Crippen LogP) is 5.89. The van der Waals surface area contributed by atoms with E-state index in [2.05, 4.69) is 0 Å². The Kier molecular flexibility index (Phi) is 7.22. The highest BCUT2D eigenvalue weighted by Gasteiger charge is 2.43. The Bertz CT molecular complexity index is 1710. The fourth-order valence-corrected chi connectivity index (χ4v) is 6.21. The number of hydrogen-bond donors (Lipinski definition) is 1. The van der Waals surface area contributed by atoms with Crippen LogP contribution in [-0.4, -0.2) is 49.7 Å². The Balaban J connectivity index is 1.69. The number of ether oxygens (including phenoxy) is 1. The molecule has 0 fully saturated rings. The number of sulfone groups is 1. The number of hydrogen-bond acceptors (Lipinski definition) is 6. The van der Waals surface area contributed by atoms with Crippen molar-refractivity contribution in [2.75, 3.05) is 19.9 Å². The topological polar surface area (TPSA) is 88.8 Å². The molecule has 2 atom stereocenters. The van der Waals surface area contributed by atoms with E-state index in [9.17, 15) is 17.9 Å². The van der Waals surface area contributed by atoms with Crippen LogP contribution in [0.4, 0.5) is 4.39 Å². The first kappa shape index (κ1) is 27.2. The Labute approximate surface area is 232 Å². The summed E-state index contributed by atoms with van der Waals surface area (Å²) in [7, 11) is -1.89. The van der Waals surface area contributed by atoms with E-state index in [0.717, 1.165) is 22.8 Å². The highest BCUT2D eigenvalue weighted by molar-refractivity contribution is 7.90. The standard InChI is InChI=1S/C30H28ClFN2O4S/c1-18-14-22(32)7-10-24(18)27-17-30(35,12-13-33-27)28(19-4-8-23(9-5-19)39(3,36)37)25-16-20-15-21(31)6-11-26(20)34-29(25)38-2/h4-11,14-16,28,35H,12-13,17H2,1-3H3. The fraction of sp³-hybridized carbons (Fsp3) is 0.267. The van der Waals surface area contributed by atoms with Crippen LogP contribution in [0.1, 0.15) is 41.0 Å². The molecule has 2 unspecified atom stereocenters. The molecule has 6 nitrogen and oxygen atoms in total. The van der Waals surface area contributed by atoms with E-state index in [0.29, 0.717) is 46.2 Å². The third-order valence-electron chi connectivity index (χ3n) is 7.27. The van der Waals surface area contributed by atoms with E-state index in [4.69, 9.17) is 26.3 Å². The van der Waals surface area contributed by atoms with E-state index >= 15 is 0 Å². The lowest BCUT2D eigenvalue weighted by atomic mass is 9.71. The minimum atomic E-state index is -3.41. The molecule has 1 aromatic heterocycles.